The summed E-state index contributed by atoms with van der Waals surface area (Å²) in [5.41, 5.74) is 0.741. The molecule has 22 heavy (non-hydrogen) atoms. The first kappa shape index (κ1) is 16.6. The van der Waals surface area contributed by atoms with E-state index in [1.54, 1.807) is 23.1 Å². The Balaban J connectivity index is 1.74. The van der Waals surface area contributed by atoms with E-state index in [4.69, 9.17) is 0 Å². The van der Waals surface area contributed by atoms with Gasteiger partial charge in [-0.05, 0) is 44.4 Å². The Bertz CT molecular complexity index is 544. The number of aliphatic hydroxyl groups is 1. The number of aryl methyl sites for hydroxylation is 1. The number of hydrogen-bond donors (Lipinski definition) is 2. The van der Waals surface area contributed by atoms with Crippen molar-refractivity contribution in [2.24, 2.45) is 0 Å². The zero-order chi connectivity index (χ0) is 15.9. The molecule has 0 aliphatic heterocycles. The van der Waals surface area contributed by atoms with Crippen LogP contribution in [0.5, 0.6) is 0 Å². The minimum Gasteiger partial charge on any atom is -0.388 e. The van der Waals surface area contributed by atoms with Crippen molar-refractivity contribution in [1.82, 2.24) is 20.1 Å². The third kappa shape index (κ3) is 5.20. The summed E-state index contributed by atoms with van der Waals surface area (Å²) in [4.78, 5) is 3.91. The summed E-state index contributed by atoms with van der Waals surface area (Å²) in [6.45, 7) is 4.96. The Morgan fingerprint density at radius 2 is 1.95 bits per heavy atom. The second-order valence-electron chi connectivity index (χ2n) is 5.72. The molecule has 0 fully saturated rings. The molecule has 2 N–H and O–H groups in total. The maximum Gasteiger partial charge on any atom is 0.137 e. The highest BCUT2D eigenvalue weighted by molar-refractivity contribution is 5.18. The van der Waals surface area contributed by atoms with Crippen LogP contribution in [0.4, 0.5) is 4.39 Å². The summed E-state index contributed by atoms with van der Waals surface area (Å²) < 4.78 is 14.7. The maximum atomic E-state index is 12.9. The molecule has 5 nitrogen and oxygen atoms in total. The van der Waals surface area contributed by atoms with Gasteiger partial charge in [-0.2, -0.15) is 5.10 Å². The first-order valence-electron chi connectivity index (χ1n) is 7.56. The van der Waals surface area contributed by atoms with Gasteiger partial charge in [0.05, 0.1) is 6.10 Å². The van der Waals surface area contributed by atoms with Gasteiger partial charge in [-0.25, -0.2) is 9.37 Å². The number of nitrogens with zero attached hydrogens (tertiary/aromatic N) is 3. The van der Waals surface area contributed by atoms with E-state index in [0.717, 1.165) is 18.5 Å². The lowest BCUT2D eigenvalue weighted by atomic mass is 10.0. The molecule has 1 aromatic carbocycles. The highest BCUT2D eigenvalue weighted by atomic mass is 19.1. The molecule has 2 aromatic rings. The van der Waals surface area contributed by atoms with Crippen molar-refractivity contribution >= 4 is 0 Å². The molecule has 0 bridgehead atoms. The molecule has 0 saturated heterocycles. The molecule has 0 amide bonds. The van der Waals surface area contributed by atoms with Crippen LogP contribution < -0.4 is 5.32 Å². The molecule has 0 spiro atoms. The first-order chi connectivity index (χ1) is 10.5. The first-order valence-corrected chi connectivity index (χ1v) is 7.56. The van der Waals surface area contributed by atoms with Gasteiger partial charge in [-0.15, -0.1) is 0 Å². The van der Waals surface area contributed by atoms with Crippen molar-refractivity contribution in [1.29, 1.82) is 0 Å². The fraction of sp³-hybridized carbons (Fsp3) is 0.500. The molecule has 1 heterocycles. The zero-order valence-electron chi connectivity index (χ0n) is 13.0. The molecule has 6 heteroatoms. The number of halogens is 1. The van der Waals surface area contributed by atoms with Gasteiger partial charge in [0.2, 0.25) is 0 Å². The minimum atomic E-state index is -0.592. The van der Waals surface area contributed by atoms with Crippen LogP contribution in [0.2, 0.25) is 0 Å². The molecular weight excluding hydrogens is 283 g/mol. The summed E-state index contributed by atoms with van der Waals surface area (Å²) >= 11 is 0. The van der Waals surface area contributed by atoms with E-state index in [1.165, 1.54) is 18.5 Å². The molecule has 120 valence electrons. The monoisotopic (exact) mass is 306 g/mol. The lowest BCUT2D eigenvalue weighted by Crippen LogP contribution is -2.36. The SMILES string of the molecule is CC(CCn1cncn1)NC(C)CC(O)c1ccc(F)cc1. The van der Waals surface area contributed by atoms with E-state index < -0.39 is 6.10 Å². The second-order valence-corrected chi connectivity index (χ2v) is 5.72. The molecule has 0 saturated carbocycles. The van der Waals surface area contributed by atoms with Gasteiger partial charge in [0, 0.05) is 18.6 Å². The van der Waals surface area contributed by atoms with E-state index in [0.29, 0.717) is 12.5 Å². The van der Waals surface area contributed by atoms with Crippen LogP contribution in [0, 0.1) is 5.82 Å². The molecule has 0 aliphatic rings. The van der Waals surface area contributed by atoms with Crippen LogP contribution in [-0.2, 0) is 6.54 Å². The Morgan fingerprint density at radius 1 is 1.23 bits per heavy atom. The number of aliphatic hydroxyl groups excluding tert-OH is 1. The predicted octanol–water partition coefficient (Wildman–Crippen LogP) is 2.30. The van der Waals surface area contributed by atoms with Crippen LogP contribution in [0.1, 0.15) is 38.4 Å². The Kier molecular flexibility index (Phi) is 6.03. The molecule has 1 aromatic heterocycles. The average molecular weight is 306 g/mol. The molecular formula is C16H23FN4O. The summed E-state index contributed by atoms with van der Waals surface area (Å²) in [5, 5.41) is 17.7. The van der Waals surface area contributed by atoms with Crippen molar-refractivity contribution in [3.8, 4) is 0 Å². The number of aromatic nitrogens is 3. The normalized spacial score (nSPS) is 15.5. The second kappa shape index (κ2) is 8.00. The Labute approximate surface area is 130 Å². The quantitative estimate of drug-likeness (QED) is 0.785. The van der Waals surface area contributed by atoms with Gasteiger partial charge >= 0.3 is 0 Å². The smallest absolute Gasteiger partial charge is 0.137 e. The fourth-order valence-corrected chi connectivity index (χ4v) is 2.47. The molecule has 3 unspecified atom stereocenters. The highest BCUT2D eigenvalue weighted by Crippen LogP contribution is 2.18. The largest absolute Gasteiger partial charge is 0.388 e. The third-order valence-electron chi connectivity index (χ3n) is 3.66. The van der Waals surface area contributed by atoms with E-state index in [-0.39, 0.29) is 11.9 Å². The van der Waals surface area contributed by atoms with Crippen molar-refractivity contribution < 1.29 is 9.50 Å². The van der Waals surface area contributed by atoms with Crippen molar-refractivity contribution in [2.75, 3.05) is 0 Å². The fourth-order valence-electron chi connectivity index (χ4n) is 2.47. The number of benzene rings is 1. The van der Waals surface area contributed by atoms with Gasteiger partial charge < -0.3 is 10.4 Å². The summed E-state index contributed by atoms with van der Waals surface area (Å²) in [6, 6.07) is 6.46. The zero-order valence-corrected chi connectivity index (χ0v) is 13.0. The standard InChI is InChI=1S/C16H23FN4O/c1-12(7-8-21-11-18-10-19-21)20-13(2)9-16(22)14-3-5-15(17)6-4-14/h3-6,10-13,16,20,22H,7-9H2,1-2H3. The van der Waals surface area contributed by atoms with Gasteiger partial charge in [0.25, 0.3) is 0 Å². The maximum absolute atomic E-state index is 12.9. The van der Waals surface area contributed by atoms with Crippen molar-refractivity contribution in [2.45, 2.75) is 51.4 Å². The van der Waals surface area contributed by atoms with Crippen molar-refractivity contribution in [3.05, 3.63) is 48.3 Å². The lowest BCUT2D eigenvalue weighted by molar-refractivity contribution is 0.151. The molecule has 0 aliphatic carbocycles. The van der Waals surface area contributed by atoms with Crippen LogP contribution in [0.15, 0.2) is 36.9 Å². The van der Waals surface area contributed by atoms with Crippen LogP contribution in [0.3, 0.4) is 0 Å². The van der Waals surface area contributed by atoms with Gasteiger partial charge in [0.1, 0.15) is 18.5 Å². The van der Waals surface area contributed by atoms with Gasteiger partial charge in [-0.3, -0.25) is 4.68 Å². The molecule has 0 radical (unpaired) electrons. The van der Waals surface area contributed by atoms with Crippen LogP contribution in [-0.4, -0.2) is 32.0 Å². The Morgan fingerprint density at radius 3 is 2.59 bits per heavy atom. The highest BCUT2D eigenvalue weighted by Gasteiger charge is 2.14. The topological polar surface area (TPSA) is 63.0 Å². The van der Waals surface area contributed by atoms with E-state index >= 15 is 0 Å². The Hall–Kier alpha value is -1.79. The number of nitrogens with one attached hydrogen (secondary N) is 1. The van der Waals surface area contributed by atoms with E-state index in [9.17, 15) is 9.50 Å². The molecule has 3 atom stereocenters. The summed E-state index contributed by atoms with van der Waals surface area (Å²) in [6.07, 6.45) is 4.15. The van der Waals surface area contributed by atoms with Crippen LogP contribution >= 0.6 is 0 Å². The lowest BCUT2D eigenvalue weighted by Gasteiger charge is -2.22. The van der Waals surface area contributed by atoms with E-state index in [1.807, 2.05) is 6.92 Å². The minimum absolute atomic E-state index is 0.158. The number of rotatable bonds is 8. The summed E-state index contributed by atoms with van der Waals surface area (Å²) in [5.74, 6) is -0.288. The van der Waals surface area contributed by atoms with Crippen molar-refractivity contribution in [3.63, 3.8) is 0 Å². The molecule has 2 rings (SSSR count). The van der Waals surface area contributed by atoms with Gasteiger partial charge in [0.15, 0.2) is 0 Å². The van der Waals surface area contributed by atoms with E-state index in [2.05, 4.69) is 22.3 Å². The van der Waals surface area contributed by atoms with Gasteiger partial charge in [-0.1, -0.05) is 12.1 Å². The third-order valence-corrected chi connectivity index (χ3v) is 3.66. The van der Waals surface area contributed by atoms with Crippen LogP contribution in [0.25, 0.3) is 0 Å². The average Bonchev–Trinajstić information content (AvgIpc) is 2.99. The number of hydrogen-bond acceptors (Lipinski definition) is 4. The summed E-state index contributed by atoms with van der Waals surface area (Å²) in [7, 11) is 0. The predicted molar refractivity (Wildman–Crippen MR) is 82.7 cm³/mol.